The van der Waals surface area contributed by atoms with Crippen LogP contribution in [0.25, 0.3) is 16.9 Å². The quantitative estimate of drug-likeness (QED) is 0.493. The molecule has 126 valence electrons. The molecule has 0 aliphatic rings. The van der Waals surface area contributed by atoms with Crippen LogP contribution in [0.4, 0.5) is 5.82 Å². The van der Waals surface area contributed by atoms with Crippen LogP contribution in [0.2, 0.25) is 10.0 Å². The van der Waals surface area contributed by atoms with Gasteiger partial charge in [0.05, 0.1) is 0 Å². The lowest BCUT2D eigenvalue weighted by molar-refractivity contribution is 0.971. The first-order valence-corrected chi connectivity index (χ1v) is 8.47. The van der Waals surface area contributed by atoms with Gasteiger partial charge >= 0.3 is 0 Å². The van der Waals surface area contributed by atoms with Gasteiger partial charge in [-0.1, -0.05) is 47.5 Å². The number of benzene rings is 2. The van der Waals surface area contributed by atoms with Crippen molar-refractivity contribution in [2.24, 2.45) is 4.99 Å². The molecule has 4 rings (SSSR count). The van der Waals surface area contributed by atoms with E-state index >= 15 is 0 Å². The average Bonchev–Trinajstić information content (AvgIpc) is 3.21. The summed E-state index contributed by atoms with van der Waals surface area (Å²) in [4.78, 5) is 9.20. The van der Waals surface area contributed by atoms with E-state index in [9.17, 15) is 5.26 Å². The fourth-order valence-electron chi connectivity index (χ4n) is 2.60. The highest BCUT2D eigenvalue weighted by Gasteiger charge is 2.17. The van der Waals surface area contributed by atoms with Gasteiger partial charge in [0.25, 0.3) is 0 Å². The molecule has 0 atom stereocenters. The van der Waals surface area contributed by atoms with Crippen molar-refractivity contribution in [3.05, 3.63) is 75.9 Å². The van der Waals surface area contributed by atoms with Gasteiger partial charge in [0.15, 0.2) is 11.5 Å². The molecule has 1 N–H and O–H groups in total. The summed E-state index contributed by atoms with van der Waals surface area (Å²) in [6, 6.07) is 16.8. The lowest BCUT2D eigenvalue weighted by Crippen LogP contribution is -1.86. The number of fused-ring (bicyclic) bond motifs is 1. The summed E-state index contributed by atoms with van der Waals surface area (Å²) in [5.74, 6) is 0.596. The van der Waals surface area contributed by atoms with Gasteiger partial charge < -0.3 is 0 Å². The van der Waals surface area contributed by atoms with Gasteiger partial charge in [0.2, 0.25) is 0 Å². The monoisotopic (exact) mass is 379 g/mol. The SMILES string of the molecule is N#Cc1c[nH]n2c(/N=C/c3ccc(Cl)cc3)c(-c3ccc(Cl)cc3)nc12. The molecule has 0 saturated heterocycles. The first-order chi connectivity index (χ1) is 12.7. The third-order valence-corrected chi connectivity index (χ3v) is 4.38. The van der Waals surface area contributed by atoms with Gasteiger partial charge in [-0.25, -0.2) is 14.5 Å². The number of aliphatic imine (C=N–C) groups is 1. The summed E-state index contributed by atoms with van der Waals surface area (Å²) in [6.45, 7) is 0. The number of H-pyrrole nitrogens is 1. The summed E-state index contributed by atoms with van der Waals surface area (Å²) in [5.41, 5.74) is 3.40. The highest BCUT2D eigenvalue weighted by Crippen LogP contribution is 2.32. The Kier molecular flexibility index (Phi) is 4.21. The molecule has 2 aromatic heterocycles. The number of nitrogens with one attached hydrogen (secondary N) is 1. The van der Waals surface area contributed by atoms with Crippen LogP contribution in [0.15, 0.2) is 59.7 Å². The predicted octanol–water partition coefficient (Wildman–Crippen LogP) is 5.26. The standard InChI is InChI=1S/C19H11Cl2N5/c20-15-5-1-12(2-6-15)10-23-19-17(13-3-7-16(21)8-4-13)25-18-14(9-22)11-24-26(18)19/h1-8,10-11,24H/b23-10+. The molecule has 0 bridgehead atoms. The Morgan fingerprint density at radius 1 is 1.04 bits per heavy atom. The van der Waals surface area contributed by atoms with Crippen LogP contribution in [0, 0.1) is 11.3 Å². The Bertz CT molecular complexity index is 1150. The molecule has 26 heavy (non-hydrogen) atoms. The van der Waals surface area contributed by atoms with E-state index in [0.29, 0.717) is 32.8 Å². The van der Waals surface area contributed by atoms with Gasteiger partial charge in [0, 0.05) is 28.0 Å². The molecule has 0 amide bonds. The Hall–Kier alpha value is -3.07. The van der Waals surface area contributed by atoms with E-state index in [1.54, 1.807) is 41.2 Å². The molecule has 0 unspecified atom stereocenters. The summed E-state index contributed by atoms with van der Waals surface area (Å²) in [6.07, 6.45) is 3.33. The largest absolute Gasteiger partial charge is 0.297 e. The van der Waals surface area contributed by atoms with Crippen LogP contribution in [0.1, 0.15) is 11.1 Å². The van der Waals surface area contributed by atoms with Crippen LogP contribution < -0.4 is 0 Å². The highest BCUT2D eigenvalue weighted by molar-refractivity contribution is 6.30. The van der Waals surface area contributed by atoms with Gasteiger partial charge in [-0.2, -0.15) is 5.26 Å². The Morgan fingerprint density at radius 3 is 2.35 bits per heavy atom. The average molecular weight is 380 g/mol. The van der Waals surface area contributed by atoms with Crippen molar-refractivity contribution in [3.8, 4) is 17.3 Å². The molecular weight excluding hydrogens is 369 g/mol. The van der Waals surface area contributed by atoms with E-state index in [4.69, 9.17) is 23.2 Å². The molecule has 2 aromatic carbocycles. The van der Waals surface area contributed by atoms with Gasteiger partial charge in [-0.05, 0) is 29.8 Å². The molecule has 0 saturated carbocycles. The second-order valence-electron chi connectivity index (χ2n) is 5.56. The maximum atomic E-state index is 9.27. The topological polar surface area (TPSA) is 69.2 Å². The Balaban J connectivity index is 1.86. The number of nitriles is 1. The van der Waals surface area contributed by atoms with Crippen molar-refractivity contribution < 1.29 is 0 Å². The van der Waals surface area contributed by atoms with E-state index in [-0.39, 0.29) is 0 Å². The lowest BCUT2D eigenvalue weighted by atomic mass is 10.1. The minimum atomic E-state index is 0.452. The first kappa shape index (κ1) is 16.4. The number of aromatic amines is 1. The van der Waals surface area contributed by atoms with Crippen LogP contribution >= 0.6 is 23.2 Å². The molecule has 0 radical (unpaired) electrons. The lowest BCUT2D eigenvalue weighted by Gasteiger charge is -2.00. The second kappa shape index (κ2) is 6.68. The molecular formula is C19H11Cl2N5. The summed E-state index contributed by atoms with van der Waals surface area (Å²) in [5, 5.41) is 13.6. The Labute approximate surface area is 159 Å². The number of imidazole rings is 1. The third-order valence-electron chi connectivity index (χ3n) is 3.88. The van der Waals surface area contributed by atoms with E-state index in [0.717, 1.165) is 11.1 Å². The van der Waals surface area contributed by atoms with Gasteiger partial charge in [-0.3, -0.25) is 5.10 Å². The summed E-state index contributed by atoms with van der Waals surface area (Å²) >= 11 is 11.9. The van der Waals surface area contributed by atoms with Crippen LogP contribution in [0.5, 0.6) is 0 Å². The summed E-state index contributed by atoms with van der Waals surface area (Å²) in [7, 11) is 0. The van der Waals surface area contributed by atoms with Crippen LogP contribution in [0.3, 0.4) is 0 Å². The molecule has 5 nitrogen and oxygen atoms in total. The smallest absolute Gasteiger partial charge is 0.180 e. The summed E-state index contributed by atoms with van der Waals surface area (Å²) < 4.78 is 1.69. The van der Waals surface area contributed by atoms with E-state index in [1.807, 2.05) is 24.3 Å². The van der Waals surface area contributed by atoms with E-state index in [2.05, 4.69) is 21.1 Å². The maximum absolute atomic E-state index is 9.27. The van der Waals surface area contributed by atoms with Gasteiger partial charge in [0.1, 0.15) is 17.3 Å². The van der Waals surface area contributed by atoms with Crippen molar-refractivity contribution in [2.75, 3.05) is 0 Å². The van der Waals surface area contributed by atoms with Crippen molar-refractivity contribution in [1.29, 1.82) is 5.26 Å². The van der Waals surface area contributed by atoms with Crippen LogP contribution in [-0.4, -0.2) is 20.8 Å². The molecule has 0 spiro atoms. The molecule has 2 heterocycles. The number of hydrogen-bond acceptors (Lipinski definition) is 3. The zero-order valence-electron chi connectivity index (χ0n) is 13.3. The normalized spacial score (nSPS) is 11.3. The van der Waals surface area contributed by atoms with Crippen molar-refractivity contribution >= 4 is 40.9 Å². The minimum Gasteiger partial charge on any atom is -0.297 e. The number of nitrogens with zero attached hydrogens (tertiary/aromatic N) is 4. The fourth-order valence-corrected chi connectivity index (χ4v) is 2.85. The number of aromatic nitrogens is 3. The zero-order chi connectivity index (χ0) is 18.1. The molecule has 0 aliphatic carbocycles. The third kappa shape index (κ3) is 2.97. The van der Waals surface area contributed by atoms with Crippen molar-refractivity contribution in [3.63, 3.8) is 0 Å². The molecule has 4 aromatic rings. The van der Waals surface area contributed by atoms with Crippen molar-refractivity contribution in [2.45, 2.75) is 0 Å². The fraction of sp³-hybridized carbons (Fsp3) is 0. The van der Waals surface area contributed by atoms with Gasteiger partial charge in [-0.15, -0.1) is 0 Å². The Morgan fingerprint density at radius 2 is 1.69 bits per heavy atom. The minimum absolute atomic E-state index is 0.452. The maximum Gasteiger partial charge on any atom is 0.180 e. The van der Waals surface area contributed by atoms with Crippen molar-refractivity contribution in [1.82, 2.24) is 14.6 Å². The molecule has 7 heteroatoms. The number of halogens is 2. The predicted molar refractivity (Wildman–Crippen MR) is 103 cm³/mol. The molecule has 0 fully saturated rings. The van der Waals surface area contributed by atoms with Crippen LogP contribution in [-0.2, 0) is 0 Å². The zero-order valence-corrected chi connectivity index (χ0v) is 14.8. The highest BCUT2D eigenvalue weighted by atomic mass is 35.5. The van der Waals surface area contributed by atoms with E-state index < -0.39 is 0 Å². The second-order valence-corrected chi connectivity index (χ2v) is 6.43. The molecule has 0 aliphatic heterocycles. The number of hydrogen-bond donors (Lipinski definition) is 1. The van der Waals surface area contributed by atoms with E-state index in [1.165, 1.54) is 0 Å². The first-order valence-electron chi connectivity index (χ1n) is 7.71. The number of rotatable bonds is 3.